The molecule has 1 saturated heterocycles. The zero-order valence-electron chi connectivity index (χ0n) is 9.61. The summed E-state index contributed by atoms with van der Waals surface area (Å²) < 4.78 is 48.9. The van der Waals surface area contributed by atoms with Crippen LogP contribution in [0.4, 0.5) is 0 Å². The molecule has 1 rings (SSSR count). The van der Waals surface area contributed by atoms with Crippen molar-refractivity contribution in [2.24, 2.45) is 0 Å². The lowest BCUT2D eigenvalue weighted by molar-refractivity contribution is 0.160. The van der Waals surface area contributed by atoms with E-state index >= 15 is 0 Å². The van der Waals surface area contributed by atoms with Crippen molar-refractivity contribution in [2.45, 2.75) is 18.9 Å². The van der Waals surface area contributed by atoms with Crippen molar-refractivity contribution in [3.63, 3.8) is 0 Å². The molecule has 1 fully saturated rings. The van der Waals surface area contributed by atoms with Crippen LogP contribution in [0.15, 0.2) is 0 Å². The van der Waals surface area contributed by atoms with Gasteiger partial charge in [-0.2, -0.15) is 8.62 Å². The van der Waals surface area contributed by atoms with Gasteiger partial charge < -0.3 is 24.3 Å². The van der Waals surface area contributed by atoms with Crippen molar-refractivity contribution >= 4 is 23.5 Å². The zero-order valence-corrected chi connectivity index (χ0v) is 12.3. The van der Waals surface area contributed by atoms with Gasteiger partial charge >= 0.3 is 23.5 Å². The molecule has 19 heavy (non-hydrogen) atoms. The summed E-state index contributed by atoms with van der Waals surface area (Å²) in [5.41, 5.74) is -0.467. The molecule has 0 aromatic heterocycles. The van der Waals surface area contributed by atoms with Crippen LogP contribution in [0.5, 0.6) is 0 Å². The van der Waals surface area contributed by atoms with Crippen LogP contribution in [-0.4, -0.2) is 38.4 Å². The van der Waals surface area contributed by atoms with Gasteiger partial charge in [0.1, 0.15) is 0 Å². The zero-order chi connectivity index (χ0) is 14.9. The molecule has 0 aliphatic carbocycles. The molecule has 11 nitrogen and oxygen atoms in total. The van der Waals surface area contributed by atoms with Crippen LogP contribution in [-0.2, 0) is 31.6 Å². The minimum absolute atomic E-state index is 0.232. The van der Waals surface area contributed by atoms with E-state index in [0.29, 0.717) is 6.61 Å². The van der Waals surface area contributed by atoms with Crippen LogP contribution >= 0.6 is 23.5 Å². The second kappa shape index (κ2) is 5.63. The fourth-order valence-corrected chi connectivity index (χ4v) is 3.96. The molecule has 1 heterocycles. The molecular formula is C5H13O11P3. The van der Waals surface area contributed by atoms with Gasteiger partial charge in [0.15, 0.2) is 0 Å². The summed E-state index contributed by atoms with van der Waals surface area (Å²) in [6.45, 7) is 1.85. The Bertz CT molecular complexity index is 463. The van der Waals surface area contributed by atoms with E-state index in [0.717, 1.165) is 0 Å². The van der Waals surface area contributed by atoms with Gasteiger partial charge in [-0.05, 0) is 6.92 Å². The second-order valence-electron chi connectivity index (χ2n) is 3.91. The van der Waals surface area contributed by atoms with Crippen molar-refractivity contribution in [2.75, 3.05) is 13.2 Å². The summed E-state index contributed by atoms with van der Waals surface area (Å²) in [6.07, 6.45) is 0.232. The van der Waals surface area contributed by atoms with Crippen molar-refractivity contribution in [1.82, 2.24) is 0 Å². The van der Waals surface area contributed by atoms with Crippen LogP contribution in [0.3, 0.4) is 0 Å². The first kappa shape index (κ1) is 17.4. The largest absolute Gasteiger partial charge is 0.490 e. The van der Waals surface area contributed by atoms with Crippen LogP contribution in [0.2, 0.25) is 0 Å². The topological polar surface area (TPSA) is 172 Å². The van der Waals surface area contributed by atoms with Gasteiger partial charge in [-0.1, -0.05) is 0 Å². The molecule has 4 N–H and O–H groups in total. The lowest BCUT2D eigenvalue weighted by Gasteiger charge is -2.16. The van der Waals surface area contributed by atoms with Gasteiger partial charge in [0.05, 0.1) is 18.8 Å². The summed E-state index contributed by atoms with van der Waals surface area (Å²) in [4.78, 5) is 34.5. The van der Waals surface area contributed by atoms with Crippen molar-refractivity contribution in [1.29, 1.82) is 0 Å². The maximum Gasteiger partial charge on any atom is 0.490 e. The number of epoxide rings is 1. The van der Waals surface area contributed by atoms with Gasteiger partial charge in [0.2, 0.25) is 0 Å². The predicted molar refractivity (Wildman–Crippen MR) is 58.8 cm³/mol. The van der Waals surface area contributed by atoms with Gasteiger partial charge in [0, 0.05) is 6.42 Å². The third-order valence-corrected chi connectivity index (χ3v) is 5.77. The molecule has 3 unspecified atom stereocenters. The normalized spacial score (nSPS) is 29.5. The monoisotopic (exact) mass is 342 g/mol. The number of phosphoric acid groups is 3. The molecule has 0 bridgehead atoms. The minimum Gasteiger partial charge on any atom is -0.370 e. The fraction of sp³-hybridized carbons (Fsp3) is 1.00. The smallest absolute Gasteiger partial charge is 0.370 e. The van der Waals surface area contributed by atoms with Crippen LogP contribution < -0.4 is 0 Å². The van der Waals surface area contributed by atoms with E-state index in [-0.39, 0.29) is 13.0 Å². The molecule has 0 aromatic carbocycles. The van der Waals surface area contributed by atoms with Gasteiger partial charge in [0.25, 0.3) is 0 Å². The summed E-state index contributed by atoms with van der Waals surface area (Å²) in [7, 11) is -15.8. The molecule has 3 atom stereocenters. The Morgan fingerprint density at radius 1 is 1.11 bits per heavy atom. The van der Waals surface area contributed by atoms with Gasteiger partial charge in [-0.3, -0.25) is 4.52 Å². The lowest BCUT2D eigenvalue weighted by Crippen LogP contribution is -2.08. The fourth-order valence-electron chi connectivity index (χ4n) is 0.948. The molecule has 0 radical (unpaired) electrons. The SMILES string of the molecule is CC1(CCOP(=O)(O)OP(=O)(O)OP(=O)(O)O)CO1. The van der Waals surface area contributed by atoms with E-state index in [1.54, 1.807) is 6.92 Å². The van der Waals surface area contributed by atoms with Crippen LogP contribution in [0, 0.1) is 0 Å². The van der Waals surface area contributed by atoms with E-state index in [1.165, 1.54) is 0 Å². The average Bonchev–Trinajstić information content (AvgIpc) is 2.75. The minimum atomic E-state index is -5.43. The molecular weight excluding hydrogens is 329 g/mol. The van der Waals surface area contributed by atoms with E-state index in [1.807, 2.05) is 0 Å². The quantitative estimate of drug-likeness (QED) is 0.357. The molecule has 0 saturated carbocycles. The second-order valence-corrected chi connectivity index (χ2v) is 8.33. The van der Waals surface area contributed by atoms with Crippen molar-refractivity contribution in [3.05, 3.63) is 0 Å². The summed E-state index contributed by atoms with van der Waals surface area (Å²) in [5.74, 6) is 0. The Labute approximate surface area is 107 Å². The lowest BCUT2D eigenvalue weighted by atomic mass is 10.1. The van der Waals surface area contributed by atoms with Gasteiger partial charge in [-0.15, -0.1) is 0 Å². The highest BCUT2D eigenvalue weighted by molar-refractivity contribution is 7.66. The van der Waals surface area contributed by atoms with Crippen LogP contribution in [0.25, 0.3) is 0 Å². The number of hydrogen-bond donors (Lipinski definition) is 4. The number of rotatable bonds is 8. The first-order chi connectivity index (χ1) is 8.33. The Kier molecular flexibility index (Phi) is 5.16. The highest BCUT2D eigenvalue weighted by Crippen LogP contribution is 2.66. The highest BCUT2D eigenvalue weighted by atomic mass is 31.3. The number of phosphoric ester groups is 1. The van der Waals surface area contributed by atoms with E-state index in [9.17, 15) is 13.7 Å². The summed E-state index contributed by atoms with van der Waals surface area (Å²) in [6, 6.07) is 0. The Balaban J connectivity index is 2.46. The molecule has 0 amide bonds. The maximum atomic E-state index is 11.2. The molecule has 114 valence electrons. The van der Waals surface area contributed by atoms with Gasteiger partial charge in [-0.25, -0.2) is 13.7 Å². The van der Waals surface area contributed by atoms with Crippen molar-refractivity contribution < 1.29 is 51.2 Å². The summed E-state index contributed by atoms with van der Waals surface area (Å²) >= 11 is 0. The van der Waals surface area contributed by atoms with E-state index < -0.39 is 29.1 Å². The Morgan fingerprint density at radius 3 is 2.05 bits per heavy atom. The molecule has 0 aromatic rings. The Morgan fingerprint density at radius 2 is 1.63 bits per heavy atom. The van der Waals surface area contributed by atoms with Crippen molar-refractivity contribution in [3.8, 4) is 0 Å². The highest BCUT2D eigenvalue weighted by Gasteiger charge is 2.42. The third-order valence-electron chi connectivity index (χ3n) is 1.94. The maximum absolute atomic E-state index is 11.2. The molecule has 1 aliphatic rings. The predicted octanol–water partition coefficient (Wildman–Crippen LogP) is 0.509. The van der Waals surface area contributed by atoms with Crippen LogP contribution in [0.1, 0.15) is 13.3 Å². The molecule has 1 aliphatic heterocycles. The van der Waals surface area contributed by atoms with E-state index in [2.05, 4.69) is 13.1 Å². The molecule has 14 heteroatoms. The number of hydrogen-bond acceptors (Lipinski definition) is 7. The van der Waals surface area contributed by atoms with E-state index in [4.69, 9.17) is 24.3 Å². The average molecular weight is 342 g/mol. The third kappa shape index (κ3) is 7.65. The Hall–Kier alpha value is 0.370. The molecule has 0 spiro atoms. The standard InChI is InChI=1S/C5H13O11P3/c1-5(4-13-5)2-3-14-18(9,10)16-19(11,12)15-17(6,7)8/h2-4H2,1H3,(H,9,10)(H,11,12)(H2,6,7,8). The number of ether oxygens (including phenoxy) is 1. The summed E-state index contributed by atoms with van der Waals surface area (Å²) in [5, 5.41) is 0. The first-order valence-electron chi connectivity index (χ1n) is 4.75. The first-order valence-corrected chi connectivity index (χ1v) is 9.27.